The standard InChI is InChI=1S/C26H34O11/c1-6-14(35-11(3)27)22(32)37-17-19-25(5)21(31)16(29)18-24(4)12(10(2)7-13(28)20(24)30)8-15(36-23(17)33)26(18,19)9-34-25/h7,12,14-21,29-31H,6,8-9H2,1-5H3. The highest BCUT2D eigenvalue weighted by Gasteiger charge is 2.82. The van der Waals surface area contributed by atoms with Crippen LogP contribution in [0.15, 0.2) is 11.6 Å². The average Bonchev–Trinajstić information content (AvgIpc) is 3.10. The molecule has 2 saturated heterocycles. The quantitative estimate of drug-likeness (QED) is 0.331. The summed E-state index contributed by atoms with van der Waals surface area (Å²) in [5.74, 6) is -5.28. The first kappa shape index (κ1) is 26.3. The third-order valence-electron chi connectivity index (χ3n) is 9.89. The van der Waals surface area contributed by atoms with Gasteiger partial charge in [-0.1, -0.05) is 19.4 Å². The first-order valence-electron chi connectivity index (χ1n) is 12.7. The molecule has 11 heteroatoms. The van der Waals surface area contributed by atoms with Crippen molar-refractivity contribution in [2.75, 3.05) is 6.61 Å². The van der Waals surface area contributed by atoms with E-state index in [1.165, 1.54) is 6.08 Å². The highest BCUT2D eigenvalue weighted by Crippen LogP contribution is 2.72. The molecule has 2 aliphatic heterocycles. The number of esters is 3. The largest absolute Gasteiger partial charge is 0.459 e. The molecule has 12 unspecified atom stereocenters. The fraction of sp³-hybridized carbons (Fsp3) is 0.769. The summed E-state index contributed by atoms with van der Waals surface area (Å²) < 4.78 is 22.7. The molecule has 0 radical (unpaired) electrons. The lowest BCUT2D eigenvalue weighted by Gasteiger charge is -2.68. The van der Waals surface area contributed by atoms with Crippen LogP contribution in [0, 0.1) is 28.6 Å². The zero-order valence-corrected chi connectivity index (χ0v) is 21.5. The van der Waals surface area contributed by atoms with Gasteiger partial charge in [0.1, 0.15) is 23.9 Å². The number of carbonyl (C=O) groups is 4. The van der Waals surface area contributed by atoms with Gasteiger partial charge in [0, 0.05) is 23.7 Å². The molecule has 2 saturated carbocycles. The number of fused-ring (bicyclic) bond motifs is 2. The minimum absolute atomic E-state index is 0.0495. The van der Waals surface area contributed by atoms with Gasteiger partial charge in [0.05, 0.1) is 18.6 Å². The van der Waals surface area contributed by atoms with E-state index in [0.717, 1.165) is 6.92 Å². The van der Waals surface area contributed by atoms with E-state index in [0.29, 0.717) is 5.57 Å². The normalized spacial score (nSPS) is 48.7. The molecule has 0 amide bonds. The summed E-state index contributed by atoms with van der Waals surface area (Å²) in [6, 6.07) is 0. The number of hydrogen-bond donors (Lipinski definition) is 3. The summed E-state index contributed by atoms with van der Waals surface area (Å²) in [7, 11) is 0. The number of hydrogen-bond acceptors (Lipinski definition) is 11. The van der Waals surface area contributed by atoms with E-state index >= 15 is 0 Å². The first-order valence-corrected chi connectivity index (χ1v) is 12.7. The van der Waals surface area contributed by atoms with Crippen molar-refractivity contribution < 1.29 is 53.4 Å². The van der Waals surface area contributed by atoms with Crippen LogP contribution in [0.4, 0.5) is 0 Å². The van der Waals surface area contributed by atoms with E-state index in [1.54, 1.807) is 27.7 Å². The van der Waals surface area contributed by atoms with Crippen molar-refractivity contribution in [1.82, 2.24) is 0 Å². The van der Waals surface area contributed by atoms with Crippen molar-refractivity contribution in [1.29, 1.82) is 0 Å². The Bertz CT molecular complexity index is 1080. The number of ketones is 1. The summed E-state index contributed by atoms with van der Waals surface area (Å²) in [5, 5.41) is 34.2. The highest BCUT2D eigenvalue weighted by molar-refractivity contribution is 5.96. The molecule has 0 aromatic rings. The predicted octanol–water partition coefficient (Wildman–Crippen LogP) is -0.175. The molecule has 3 N–H and O–H groups in total. The number of ether oxygens (including phenoxy) is 4. The van der Waals surface area contributed by atoms with Crippen LogP contribution < -0.4 is 0 Å². The number of aliphatic hydroxyl groups is 3. The van der Waals surface area contributed by atoms with E-state index in [-0.39, 0.29) is 19.4 Å². The van der Waals surface area contributed by atoms with Crippen LogP contribution in [0.5, 0.6) is 0 Å². The maximum absolute atomic E-state index is 13.4. The second-order valence-electron chi connectivity index (χ2n) is 11.6. The molecule has 37 heavy (non-hydrogen) atoms. The van der Waals surface area contributed by atoms with Crippen molar-refractivity contribution in [3.05, 3.63) is 11.6 Å². The topological polar surface area (TPSA) is 166 Å². The van der Waals surface area contributed by atoms with Crippen molar-refractivity contribution >= 4 is 23.7 Å². The number of carbonyl (C=O) groups excluding carboxylic acids is 4. The van der Waals surface area contributed by atoms with Gasteiger partial charge in [-0.2, -0.15) is 0 Å². The zero-order valence-electron chi connectivity index (χ0n) is 21.5. The predicted molar refractivity (Wildman–Crippen MR) is 122 cm³/mol. The minimum atomic E-state index is -1.53. The maximum Gasteiger partial charge on any atom is 0.348 e. The Hall–Kier alpha value is -2.34. The zero-order chi connectivity index (χ0) is 27.2. The molecular weight excluding hydrogens is 488 g/mol. The van der Waals surface area contributed by atoms with Gasteiger partial charge in [-0.25, -0.2) is 9.59 Å². The summed E-state index contributed by atoms with van der Waals surface area (Å²) in [5.41, 5.74) is -3.20. The monoisotopic (exact) mass is 522 g/mol. The molecule has 5 rings (SSSR count). The molecule has 204 valence electrons. The Morgan fingerprint density at radius 3 is 2.49 bits per heavy atom. The van der Waals surface area contributed by atoms with Crippen molar-refractivity contribution in [3.8, 4) is 0 Å². The smallest absolute Gasteiger partial charge is 0.348 e. The average molecular weight is 523 g/mol. The Morgan fingerprint density at radius 1 is 1.19 bits per heavy atom. The fourth-order valence-corrected chi connectivity index (χ4v) is 8.38. The Labute approximate surface area is 214 Å². The SMILES string of the molecule is CCC(OC(C)=O)C(=O)OC1C(=O)OC2CC3C(C)=CC(=O)C(O)C3(C)C3C(O)C(O)C4(C)OCC23C14. The number of aliphatic hydroxyl groups excluding tert-OH is 3. The van der Waals surface area contributed by atoms with Crippen LogP contribution in [0.2, 0.25) is 0 Å². The summed E-state index contributed by atoms with van der Waals surface area (Å²) in [4.78, 5) is 50.7. The molecule has 3 aliphatic carbocycles. The van der Waals surface area contributed by atoms with E-state index in [2.05, 4.69) is 0 Å². The van der Waals surface area contributed by atoms with Crippen molar-refractivity contribution in [2.24, 2.45) is 28.6 Å². The van der Waals surface area contributed by atoms with Gasteiger partial charge in [-0.15, -0.1) is 0 Å². The second kappa shape index (κ2) is 8.33. The fourth-order valence-electron chi connectivity index (χ4n) is 8.38. The van der Waals surface area contributed by atoms with Crippen molar-refractivity contribution in [3.63, 3.8) is 0 Å². The molecule has 4 fully saturated rings. The lowest BCUT2D eigenvalue weighted by molar-refractivity contribution is -0.298. The van der Waals surface area contributed by atoms with Gasteiger partial charge >= 0.3 is 17.9 Å². The van der Waals surface area contributed by atoms with Gasteiger partial charge in [0.2, 0.25) is 6.10 Å². The van der Waals surface area contributed by atoms with Gasteiger partial charge in [0.25, 0.3) is 0 Å². The molecule has 2 bridgehead atoms. The molecule has 5 aliphatic rings. The van der Waals surface area contributed by atoms with Crippen molar-refractivity contribution in [2.45, 2.75) is 89.7 Å². The lowest BCUT2D eigenvalue weighted by Crippen LogP contribution is -2.78. The highest BCUT2D eigenvalue weighted by atomic mass is 16.6. The third-order valence-corrected chi connectivity index (χ3v) is 9.89. The van der Waals surface area contributed by atoms with Gasteiger partial charge in [-0.3, -0.25) is 9.59 Å². The van der Waals surface area contributed by atoms with E-state index in [4.69, 9.17) is 18.9 Å². The van der Waals surface area contributed by atoms with Gasteiger partial charge in [-0.05, 0) is 38.7 Å². The summed E-state index contributed by atoms with van der Waals surface area (Å²) in [6.07, 6.45) is -6.24. The molecule has 11 nitrogen and oxygen atoms in total. The van der Waals surface area contributed by atoms with Gasteiger partial charge < -0.3 is 34.3 Å². The molecule has 12 atom stereocenters. The molecule has 0 aromatic carbocycles. The van der Waals surface area contributed by atoms with E-state index in [1.807, 2.05) is 0 Å². The van der Waals surface area contributed by atoms with Crippen LogP contribution >= 0.6 is 0 Å². The molecule has 2 heterocycles. The van der Waals surface area contributed by atoms with Gasteiger partial charge in [0.15, 0.2) is 11.9 Å². The summed E-state index contributed by atoms with van der Waals surface area (Å²) in [6.45, 7) is 7.75. The summed E-state index contributed by atoms with van der Waals surface area (Å²) >= 11 is 0. The van der Waals surface area contributed by atoms with Crippen LogP contribution in [0.3, 0.4) is 0 Å². The first-order chi connectivity index (χ1) is 17.2. The lowest BCUT2D eigenvalue weighted by atomic mass is 9.38. The van der Waals surface area contributed by atoms with Crippen LogP contribution in [0.1, 0.15) is 47.5 Å². The third kappa shape index (κ3) is 3.20. The second-order valence-corrected chi connectivity index (χ2v) is 11.6. The van der Waals surface area contributed by atoms with E-state index in [9.17, 15) is 34.5 Å². The molecule has 0 aromatic heterocycles. The number of allylic oxidation sites excluding steroid dienone is 1. The van der Waals surface area contributed by atoms with Crippen LogP contribution in [-0.2, 0) is 38.1 Å². The van der Waals surface area contributed by atoms with Crippen LogP contribution in [-0.4, -0.2) is 87.8 Å². The molecular formula is C26H34O11. The van der Waals surface area contributed by atoms with E-state index < -0.39 is 94.5 Å². The van der Waals surface area contributed by atoms with Crippen LogP contribution in [0.25, 0.3) is 0 Å². The maximum atomic E-state index is 13.4. The number of rotatable bonds is 4. The molecule has 1 spiro atoms. The Morgan fingerprint density at radius 2 is 1.86 bits per heavy atom. The Balaban J connectivity index is 1.63. The Kier molecular flexibility index (Phi) is 5.91. The minimum Gasteiger partial charge on any atom is -0.459 e.